The van der Waals surface area contributed by atoms with Gasteiger partial charge in [-0.2, -0.15) is 22.9 Å². The number of fused-ring (bicyclic) bond motifs is 1. The van der Waals surface area contributed by atoms with Crippen molar-refractivity contribution in [2.45, 2.75) is 12.8 Å². The highest BCUT2D eigenvalue weighted by atomic mass is 35.5. The Morgan fingerprint density at radius 1 is 1.00 bits per heavy atom. The molecule has 5 aromatic rings. The normalized spacial score (nSPS) is 11.7. The van der Waals surface area contributed by atoms with E-state index < -0.39 is 22.2 Å². The molecule has 0 fully saturated rings. The summed E-state index contributed by atoms with van der Waals surface area (Å²) in [7, 11) is 0. The summed E-state index contributed by atoms with van der Waals surface area (Å²) in [5.74, 6) is -0.000298. The molecule has 0 bridgehead atoms. The predicted molar refractivity (Wildman–Crippen MR) is 153 cm³/mol. The van der Waals surface area contributed by atoms with Gasteiger partial charge in [0.2, 0.25) is 0 Å². The van der Waals surface area contributed by atoms with Crippen LogP contribution in [0.25, 0.3) is 22.3 Å². The van der Waals surface area contributed by atoms with Crippen molar-refractivity contribution in [3.63, 3.8) is 0 Å². The first-order chi connectivity index (χ1) is 20.0. The lowest BCUT2D eigenvalue weighted by Crippen LogP contribution is -2.20. The van der Waals surface area contributed by atoms with E-state index in [1.165, 1.54) is 42.5 Å². The number of nitro groups is 1. The van der Waals surface area contributed by atoms with Crippen molar-refractivity contribution in [1.29, 1.82) is 0 Å². The van der Waals surface area contributed by atoms with Gasteiger partial charge in [-0.3, -0.25) is 14.9 Å². The fourth-order valence-corrected chi connectivity index (χ4v) is 4.51. The third kappa shape index (κ3) is 6.12. The fourth-order valence-electron chi connectivity index (χ4n) is 4.05. The van der Waals surface area contributed by atoms with Crippen molar-refractivity contribution in [3.8, 4) is 17.1 Å². The van der Waals surface area contributed by atoms with Gasteiger partial charge in [0, 0.05) is 38.9 Å². The number of hydrogen-bond donors (Lipinski definition) is 0. The van der Waals surface area contributed by atoms with E-state index in [9.17, 15) is 28.1 Å². The minimum atomic E-state index is -4.64. The summed E-state index contributed by atoms with van der Waals surface area (Å²) in [5.41, 5.74) is -0.944. The van der Waals surface area contributed by atoms with Gasteiger partial charge in [0.15, 0.2) is 5.82 Å². The Morgan fingerprint density at radius 2 is 1.79 bits per heavy atom. The van der Waals surface area contributed by atoms with Gasteiger partial charge in [-0.25, -0.2) is 4.98 Å². The molecule has 212 valence electrons. The molecule has 42 heavy (non-hydrogen) atoms. The van der Waals surface area contributed by atoms with Gasteiger partial charge in [0.05, 0.1) is 27.6 Å². The van der Waals surface area contributed by atoms with Crippen molar-refractivity contribution >= 4 is 46.0 Å². The monoisotopic (exact) mass is 612 g/mol. The highest BCUT2D eigenvalue weighted by molar-refractivity contribution is 6.35. The van der Waals surface area contributed by atoms with E-state index >= 15 is 0 Å². The minimum Gasteiger partial charge on any atom is -0.488 e. The summed E-state index contributed by atoms with van der Waals surface area (Å²) in [5, 5.41) is 16.6. The second kappa shape index (κ2) is 11.6. The first-order valence-corrected chi connectivity index (χ1v) is 12.9. The molecule has 0 N–H and O–H groups in total. The molecule has 0 aliphatic carbocycles. The summed E-state index contributed by atoms with van der Waals surface area (Å²) in [6.45, 7) is -0.0262. The number of non-ortho nitro benzene ring substituents is 1. The van der Waals surface area contributed by atoms with E-state index in [-0.39, 0.29) is 45.9 Å². The number of alkyl halides is 3. The molecule has 0 saturated heterocycles. The second-order valence-electron chi connectivity index (χ2n) is 8.90. The van der Waals surface area contributed by atoms with Crippen LogP contribution < -0.4 is 10.3 Å². The molecule has 0 radical (unpaired) electrons. The summed E-state index contributed by atoms with van der Waals surface area (Å²) < 4.78 is 47.1. The summed E-state index contributed by atoms with van der Waals surface area (Å²) >= 11 is 12.2. The van der Waals surface area contributed by atoms with Crippen LogP contribution in [0.15, 0.2) is 94.8 Å². The van der Waals surface area contributed by atoms with Crippen molar-refractivity contribution in [2.24, 2.45) is 5.10 Å². The molecule has 0 aliphatic rings. The smallest absolute Gasteiger partial charge is 0.416 e. The van der Waals surface area contributed by atoms with Crippen LogP contribution in [0.3, 0.4) is 0 Å². The summed E-state index contributed by atoms with van der Waals surface area (Å²) in [4.78, 5) is 28.8. The average molecular weight is 613 g/mol. The van der Waals surface area contributed by atoms with E-state index in [4.69, 9.17) is 27.9 Å². The molecule has 0 saturated carbocycles. The third-order valence-electron chi connectivity index (χ3n) is 6.12. The second-order valence-corrected chi connectivity index (χ2v) is 9.74. The molecule has 13 heteroatoms. The molecule has 0 atom stereocenters. The first-order valence-electron chi connectivity index (χ1n) is 12.1. The number of nitrogens with zero attached hydrogens (tertiary/aromatic N) is 4. The zero-order valence-electron chi connectivity index (χ0n) is 21.2. The number of ether oxygens (including phenoxy) is 1. The van der Waals surface area contributed by atoms with Gasteiger partial charge in [-0.05, 0) is 42.5 Å². The number of benzene rings is 4. The van der Waals surface area contributed by atoms with Gasteiger partial charge in [-0.1, -0.05) is 53.5 Å². The molecule has 5 rings (SSSR count). The molecular weight excluding hydrogens is 596 g/mol. The Bertz CT molecular complexity index is 1930. The van der Waals surface area contributed by atoms with Gasteiger partial charge >= 0.3 is 6.18 Å². The van der Waals surface area contributed by atoms with Crippen LogP contribution in [0.1, 0.15) is 16.7 Å². The standard InChI is InChI=1S/C29H17Cl2F3N4O4/c30-21-9-8-18(24(31)14-21)16-42-26-11-10-22(38(40)41)13-19(26)15-35-37-27(17-4-3-5-20(12-17)29(32,33)34)36-25-7-2-1-6-23(25)28(37)39/h1-15H,16H2. The maximum absolute atomic E-state index is 13.5. The quantitative estimate of drug-likeness (QED) is 0.106. The van der Waals surface area contributed by atoms with E-state index in [1.807, 2.05) is 0 Å². The summed E-state index contributed by atoms with van der Waals surface area (Å²) in [6.07, 6.45) is -3.50. The van der Waals surface area contributed by atoms with Crippen molar-refractivity contribution in [2.75, 3.05) is 0 Å². The van der Waals surface area contributed by atoms with Crippen LogP contribution >= 0.6 is 23.2 Å². The molecule has 0 unspecified atom stereocenters. The highest BCUT2D eigenvalue weighted by Gasteiger charge is 2.31. The molecule has 1 aromatic heterocycles. The number of rotatable bonds is 7. The lowest BCUT2D eigenvalue weighted by molar-refractivity contribution is -0.384. The number of nitro benzene ring substituents is 1. The van der Waals surface area contributed by atoms with Crippen molar-refractivity contribution < 1.29 is 22.8 Å². The van der Waals surface area contributed by atoms with Crippen molar-refractivity contribution in [1.82, 2.24) is 9.66 Å². The SMILES string of the molecule is O=c1c2ccccc2nc(-c2cccc(C(F)(F)F)c2)n1N=Cc1cc([N+](=O)[O-])ccc1OCc1ccc(Cl)cc1Cl. The molecule has 8 nitrogen and oxygen atoms in total. The van der Waals surface area contributed by atoms with Crippen LogP contribution in [0.5, 0.6) is 5.75 Å². The Hall–Kier alpha value is -4.74. The Morgan fingerprint density at radius 3 is 2.52 bits per heavy atom. The lowest BCUT2D eigenvalue weighted by atomic mass is 10.1. The number of para-hydroxylation sites is 1. The maximum atomic E-state index is 13.5. The van der Waals surface area contributed by atoms with Crippen LogP contribution in [0, 0.1) is 10.1 Å². The Balaban J connectivity index is 1.62. The van der Waals surface area contributed by atoms with E-state index in [0.717, 1.165) is 23.0 Å². The van der Waals surface area contributed by atoms with Gasteiger partial charge in [0.25, 0.3) is 11.2 Å². The van der Waals surface area contributed by atoms with E-state index in [0.29, 0.717) is 15.6 Å². The van der Waals surface area contributed by atoms with Gasteiger partial charge < -0.3 is 4.74 Å². The molecule has 0 aliphatic heterocycles. The summed E-state index contributed by atoms with van der Waals surface area (Å²) in [6, 6.07) is 19.2. The van der Waals surface area contributed by atoms with E-state index in [2.05, 4.69) is 10.1 Å². The largest absolute Gasteiger partial charge is 0.488 e. The Labute approximate surface area is 245 Å². The highest BCUT2D eigenvalue weighted by Crippen LogP contribution is 2.32. The van der Waals surface area contributed by atoms with Crippen LogP contribution in [-0.4, -0.2) is 20.8 Å². The van der Waals surface area contributed by atoms with Crippen LogP contribution in [0.4, 0.5) is 18.9 Å². The molecular formula is C29H17Cl2F3N4O4. The molecule has 0 amide bonds. The fraction of sp³-hybridized carbons (Fsp3) is 0.0690. The van der Waals surface area contributed by atoms with Crippen LogP contribution in [0.2, 0.25) is 10.0 Å². The number of hydrogen-bond acceptors (Lipinski definition) is 6. The minimum absolute atomic E-state index is 0.0160. The molecule has 4 aromatic carbocycles. The number of aromatic nitrogens is 2. The maximum Gasteiger partial charge on any atom is 0.416 e. The van der Waals surface area contributed by atoms with Crippen LogP contribution in [-0.2, 0) is 12.8 Å². The zero-order chi connectivity index (χ0) is 30.0. The van der Waals surface area contributed by atoms with Gasteiger partial charge in [-0.15, -0.1) is 0 Å². The topological polar surface area (TPSA) is 99.6 Å². The average Bonchev–Trinajstić information content (AvgIpc) is 2.96. The lowest BCUT2D eigenvalue weighted by Gasteiger charge is -2.13. The van der Waals surface area contributed by atoms with Gasteiger partial charge in [0.1, 0.15) is 12.4 Å². The first kappa shape index (κ1) is 28.8. The van der Waals surface area contributed by atoms with Crippen molar-refractivity contribution in [3.05, 3.63) is 132 Å². The number of halogens is 5. The van der Waals surface area contributed by atoms with E-state index in [1.54, 1.807) is 30.3 Å². The molecule has 0 spiro atoms. The Kier molecular flexibility index (Phi) is 7.97. The molecule has 1 heterocycles. The zero-order valence-corrected chi connectivity index (χ0v) is 22.7. The predicted octanol–water partition coefficient (Wildman–Crippen LogP) is 7.76. The third-order valence-corrected chi connectivity index (χ3v) is 6.70.